The maximum Gasteiger partial charge on any atom is 0.220 e. The lowest BCUT2D eigenvalue weighted by Gasteiger charge is -2.16. The Morgan fingerprint density at radius 1 is 1.14 bits per heavy atom. The van der Waals surface area contributed by atoms with Gasteiger partial charge in [0.1, 0.15) is 0 Å². The van der Waals surface area contributed by atoms with E-state index in [0.717, 1.165) is 19.3 Å². The maximum absolute atomic E-state index is 11.7. The number of benzene rings is 1. The highest BCUT2D eigenvalue weighted by Gasteiger charge is 2.08. The summed E-state index contributed by atoms with van der Waals surface area (Å²) < 4.78 is 10.9. The Morgan fingerprint density at radius 2 is 1.81 bits per heavy atom. The lowest BCUT2D eigenvalue weighted by molar-refractivity contribution is -0.140. The average Bonchev–Trinajstić information content (AvgIpc) is 2.51. The quantitative estimate of drug-likeness (QED) is 0.504. The minimum atomic E-state index is -0.152. The summed E-state index contributed by atoms with van der Waals surface area (Å²) in [6, 6.07) is 10.1. The smallest absolute Gasteiger partial charge is 0.220 e. The Balaban J connectivity index is 2.10. The van der Waals surface area contributed by atoms with Gasteiger partial charge in [-0.25, -0.2) is 0 Å². The fourth-order valence-electron chi connectivity index (χ4n) is 2.07. The Labute approximate surface area is 127 Å². The molecule has 1 amide bonds. The van der Waals surface area contributed by atoms with Gasteiger partial charge in [-0.2, -0.15) is 0 Å². The number of hydrogen-bond donors (Lipinski definition) is 1. The van der Waals surface area contributed by atoms with Crippen LogP contribution in [0.15, 0.2) is 30.3 Å². The van der Waals surface area contributed by atoms with Crippen molar-refractivity contribution < 1.29 is 14.3 Å². The molecule has 0 aromatic heterocycles. The molecule has 21 heavy (non-hydrogen) atoms. The van der Waals surface area contributed by atoms with Crippen LogP contribution >= 0.6 is 0 Å². The fraction of sp³-hybridized carbons (Fsp3) is 0.588. The van der Waals surface area contributed by atoms with Gasteiger partial charge in [0.15, 0.2) is 6.29 Å². The molecule has 0 aliphatic heterocycles. The first-order chi connectivity index (χ1) is 10.3. The Bertz CT molecular complexity index is 375. The zero-order valence-corrected chi connectivity index (χ0v) is 13.1. The molecule has 0 atom stereocenters. The standard InChI is InChI=1S/C17H27NO3/c1-3-20-17(21-4-2)11-8-14-18-16(19)13-12-15-9-6-5-7-10-15/h5-7,9-10,17H,3-4,8,11-14H2,1-2H3,(H,18,19). The van der Waals surface area contributed by atoms with E-state index in [2.05, 4.69) is 5.32 Å². The summed E-state index contributed by atoms with van der Waals surface area (Å²) in [5.74, 6) is 0.100. The van der Waals surface area contributed by atoms with Crippen LogP contribution in [0, 0.1) is 0 Å². The van der Waals surface area contributed by atoms with Crippen molar-refractivity contribution in [2.75, 3.05) is 19.8 Å². The summed E-state index contributed by atoms with van der Waals surface area (Å²) >= 11 is 0. The number of aryl methyl sites for hydroxylation is 1. The van der Waals surface area contributed by atoms with E-state index in [9.17, 15) is 4.79 Å². The van der Waals surface area contributed by atoms with E-state index in [0.29, 0.717) is 26.2 Å². The highest BCUT2D eigenvalue weighted by Crippen LogP contribution is 2.04. The molecule has 0 saturated carbocycles. The summed E-state index contributed by atoms with van der Waals surface area (Å²) in [6.07, 6.45) is 2.83. The van der Waals surface area contributed by atoms with Crippen LogP contribution in [0.4, 0.5) is 0 Å². The third kappa shape index (κ3) is 8.48. The molecule has 0 radical (unpaired) electrons. The minimum Gasteiger partial charge on any atom is -0.356 e. The molecule has 0 saturated heterocycles. The van der Waals surface area contributed by atoms with Crippen molar-refractivity contribution in [3.63, 3.8) is 0 Å². The second-order valence-corrected chi connectivity index (χ2v) is 4.82. The molecule has 118 valence electrons. The van der Waals surface area contributed by atoms with Gasteiger partial charge in [-0.3, -0.25) is 4.79 Å². The molecular formula is C17H27NO3. The van der Waals surface area contributed by atoms with E-state index >= 15 is 0 Å². The Hall–Kier alpha value is -1.39. The average molecular weight is 293 g/mol. The highest BCUT2D eigenvalue weighted by molar-refractivity contribution is 5.76. The molecule has 1 aromatic carbocycles. The monoisotopic (exact) mass is 293 g/mol. The first-order valence-corrected chi connectivity index (χ1v) is 7.80. The van der Waals surface area contributed by atoms with Gasteiger partial charge in [0.2, 0.25) is 5.91 Å². The van der Waals surface area contributed by atoms with Gasteiger partial charge in [0.25, 0.3) is 0 Å². The molecule has 4 nitrogen and oxygen atoms in total. The second kappa shape index (κ2) is 11.3. The molecule has 1 aromatic rings. The van der Waals surface area contributed by atoms with E-state index < -0.39 is 0 Å². The third-order valence-electron chi connectivity index (χ3n) is 3.13. The molecule has 0 bridgehead atoms. The van der Waals surface area contributed by atoms with Crippen LogP contribution in [0.25, 0.3) is 0 Å². The fourth-order valence-corrected chi connectivity index (χ4v) is 2.07. The zero-order chi connectivity index (χ0) is 15.3. The molecule has 4 heteroatoms. The van der Waals surface area contributed by atoms with E-state index in [1.54, 1.807) is 0 Å². The number of amides is 1. The molecule has 1 N–H and O–H groups in total. The van der Waals surface area contributed by atoms with Crippen LogP contribution in [0.3, 0.4) is 0 Å². The van der Waals surface area contributed by atoms with E-state index in [1.165, 1.54) is 5.56 Å². The molecule has 1 rings (SSSR count). The predicted molar refractivity (Wildman–Crippen MR) is 84.0 cm³/mol. The summed E-state index contributed by atoms with van der Waals surface area (Å²) in [5.41, 5.74) is 1.19. The summed E-state index contributed by atoms with van der Waals surface area (Å²) in [7, 11) is 0. The van der Waals surface area contributed by atoms with Crippen molar-refractivity contribution in [1.29, 1.82) is 0 Å². The Morgan fingerprint density at radius 3 is 2.43 bits per heavy atom. The van der Waals surface area contributed by atoms with Crippen LogP contribution in [0.5, 0.6) is 0 Å². The van der Waals surface area contributed by atoms with Gasteiger partial charge in [-0.1, -0.05) is 30.3 Å². The SMILES string of the molecule is CCOC(CCCNC(=O)CCc1ccccc1)OCC. The van der Waals surface area contributed by atoms with Gasteiger partial charge in [0.05, 0.1) is 0 Å². The number of ether oxygens (including phenoxy) is 2. The van der Waals surface area contributed by atoms with Crippen LogP contribution in [-0.4, -0.2) is 32.0 Å². The van der Waals surface area contributed by atoms with Gasteiger partial charge in [-0.05, 0) is 32.3 Å². The van der Waals surface area contributed by atoms with Crippen molar-refractivity contribution >= 4 is 5.91 Å². The summed E-state index contributed by atoms with van der Waals surface area (Å²) in [6.45, 7) is 5.88. The largest absolute Gasteiger partial charge is 0.356 e. The van der Waals surface area contributed by atoms with Crippen molar-refractivity contribution in [3.8, 4) is 0 Å². The molecule has 0 spiro atoms. The first-order valence-electron chi connectivity index (χ1n) is 7.80. The first kappa shape index (κ1) is 17.7. The number of carbonyl (C=O) groups excluding carboxylic acids is 1. The normalized spacial score (nSPS) is 10.8. The van der Waals surface area contributed by atoms with Crippen molar-refractivity contribution in [2.24, 2.45) is 0 Å². The number of nitrogens with one attached hydrogen (secondary N) is 1. The zero-order valence-electron chi connectivity index (χ0n) is 13.1. The van der Waals surface area contributed by atoms with Crippen LogP contribution < -0.4 is 5.32 Å². The van der Waals surface area contributed by atoms with Crippen LogP contribution in [0.1, 0.15) is 38.7 Å². The third-order valence-corrected chi connectivity index (χ3v) is 3.13. The lowest BCUT2D eigenvalue weighted by Crippen LogP contribution is -2.26. The molecular weight excluding hydrogens is 266 g/mol. The van der Waals surface area contributed by atoms with Crippen molar-refractivity contribution in [3.05, 3.63) is 35.9 Å². The van der Waals surface area contributed by atoms with E-state index in [-0.39, 0.29) is 12.2 Å². The number of rotatable bonds is 11. The topological polar surface area (TPSA) is 47.6 Å². The molecule has 0 heterocycles. The van der Waals surface area contributed by atoms with Gasteiger partial charge in [-0.15, -0.1) is 0 Å². The van der Waals surface area contributed by atoms with Crippen molar-refractivity contribution in [2.45, 2.75) is 45.8 Å². The molecule has 0 unspecified atom stereocenters. The minimum absolute atomic E-state index is 0.100. The van der Waals surface area contributed by atoms with Crippen LogP contribution in [0.2, 0.25) is 0 Å². The van der Waals surface area contributed by atoms with E-state index in [4.69, 9.17) is 9.47 Å². The summed E-state index contributed by atoms with van der Waals surface area (Å²) in [5, 5.41) is 2.94. The predicted octanol–water partition coefficient (Wildman–Crippen LogP) is 2.91. The summed E-state index contributed by atoms with van der Waals surface area (Å²) in [4.78, 5) is 11.7. The van der Waals surface area contributed by atoms with Gasteiger partial charge in [0, 0.05) is 32.6 Å². The van der Waals surface area contributed by atoms with Crippen molar-refractivity contribution in [1.82, 2.24) is 5.32 Å². The van der Waals surface area contributed by atoms with Gasteiger partial charge < -0.3 is 14.8 Å². The van der Waals surface area contributed by atoms with E-state index in [1.807, 2.05) is 44.2 Å². The second-order valence-electron chi connectivity index (χ2n) is 4.82. The van der Waals surface area contributed by atoms with Crippen LogP contribution in [-0.2, 0) is 20.7 Å². The lowest BCUT2D eigenvalue weighted by atomic mass is 10.1. The number of carbonyl (C=O) groups is 1. The molecule has 0 aliphatic carbocycles. The Kier molecular flexibility index (Phi) is 9.49. The molecule has 0 aliphatic rings. The number of hydrogen-bond acceptors (Lipinski definition) is 3. The van der Waals surface area contributed by atoms with Gasteiger partial charge >= 0.3 is 0 Å². The molecule has 0 fully saturated rings. The highest BCUT2D eigenvalue weighted by atomic mass is 16.7. The maximum atomic E-state index is 11.7.